The fourth-order valence-electron chi connectivity index (χ4n) is 2.87. The number of benzene rings is 2. The Morgan fingerprint density at radius 1 is 1.21 bits per heavy atom. The number of halogens is 2. The van der Waals surface area contributed by atoms with E-state index in [-0.39, 0.29) is 29.4 Å². The van der Waals surface area contributed by atoms with E-state index in [1.165, 1.54) is 31.0 Å². The van der Waals surface area contributed by atoms with E-state index in [1.807, 2.05) is 0 Å². The lowest BCUT2D eigenvalue weighted by atomic mass is 10.0. The molecule has 3 rings (SSSR count). The maximum atomic E-state index is 14.4. The third kappa shape index (κ3) is 4.29. The Balaban J connectivity index is 2.10. The van der Waals surface area contributed by atoms with Crippen LogP contribution in [0.1, 0.15) is 5.56 Å². The number of ether oxygens (including phenoxy) is 1. The van der Waals surface area contributed by atoms with Gasteiger partial charge in [0.25, 0.3) is 0 Å². The number of methoxy groups -OCH3 is 1. The number of thioether (sulfide) groups is 1. The van der Waals surface area contributed by atoms with Gasteiger partial charge in [-0.1, -0.05) is 30.3 Å². The van der Waals surface area contributed by atoms with Gasteiger partial charge in [-0.3, -0.25) is 10.1 Å². The Morgan fingerprint density at radius 2 is 1.86 bits per heavy atom. The first-order valence-electron chi connectivity index (χ1n) is 8.48. The van der Waals surface area contributed by atoms with Crippen LogP contribution in [0.3, 0.4) is 0 Å². The molecule has 3 aromatic rings. The molecule has 0 bridgehead atoms. The molecule has 0 aliphatic carbocycles. The molecule has 0 spiro atoms. The Hall–Kier alpha value is -3.20. The van der Waals surface area contributed by atoms with E-state index < -0.39 is 16.6 Å². The third-order valence-corrected chi connectivity index (χ3v) is 4.98. The average molecular weight is 417 g/mol. The molecule has 0 radical (unpaired) electrons. The summed E-state index contributed by atoms with van der Waals surface area (Å²) in [5.74, 6) is -1.30. The summed E-state index contributed by atoms with van der Waals surface area (Å²) in [6.07, 6.45) is 2.77. The van der Waals surface area contributed by atoms with Crippen LogP contribution < -0.4 is 10.1 Å². The maximum absolute atomic E-state index is 14.4. The Labute approximate surface area is 170 Å². The number of nitrogens with one attached hydrogen (secondary N) is 1. The van der Waals surface area contributed by atoms with Gasteiger partial charge in [0.2, 0.25) is 5.88 Å². The summed E-state index contributed by atoms with van der Waals surface area (Å²) in [5, 5.41) is 14.4. The Bertz CT molecular complexity index is 1030. The summed E-state index contributed by atoms with van der Waals surface area (Å²) in [6, 6.07) is 11.3. The van der Waals surface area contributed by atoms with E-state index in [1.54, 1.807) is 36.6 Å². The number of nitrogens with zero attached hydrogens (tertiary/aromatic N) is 2. The van der Waals surface area contributed by atoms with E-state index in [4.69, 9.17) is 4.74 Å². The van der Waals surface area contributed by atoms with Crippen LogP contribution in [0.15, 0.2) is 53.6 Å². The van der Waals surface area contributed by atoms with E-state index >= 15 is 0 Å². The van der Waals surface area contributed by atoms with E-state index in [0.29, 0.717) is 16.0 Å². The molecule has 6 nitrogen and oxygen atoms in total. The van der Waals surface area contributed by atoms with Crippen LogP contribution in [0.5, 0.6) is 5.88 Å². The molecular formula is C20H17F2N3O3S. The predicted octanol–water partition coefficient (Wildman–Crippen LogP) is 5.28. The van der Waals surface area contributed by atoms with Gasteiger partial charge in [-0.05, 0) is 24.0 Å². The fourth-order valence-corrected chi connectivity index (χ4v) is 3.31. The smallest absolute Gasteiger partial charge is 0.311 e. The second kappa shape index (κ2) is 8.87. The molecule has 0 aliphatic heterocycles. The topological polar surface area (TPSA) is 77.3 Å². The molecule has 150 valence electrons. The minimum absolute atomic E-state index is 0.0702. The van der Waals surface area contributed by atoms with Crippen molar-refractivity contribution in [3.63, 3.8) is 0 Å². The summed E-state index contributed by atoms with van der Waals surface area (Å²) < 4.78 is 34.0. The van der Waals surface area contributed by atoms with Crippen molar-refractivity contribution in [3.05, 3.63) is 76.0 Å². The lowest BCUT2D eigenvalue weighted by Gasteiger charge is -2.16. The van der Waals surface area contributed by atoms with Crippen LogP contribution in [0.2, 0.25) is 0 Å². The molecule has 0 atom stereocenters. The summed E-state index contributed by atoms with van der Waals surface area (Å²) >= 11 is 1.22. The standard InChI is InChI=1S/C20H17F2N3O3S/c1-28-20-18(12-6-4-3-5-7-12)19(17(11-24-20)25(26)27)23-10-14-15(21)8-13(29-2)9-16(14)22/h3-9,11H,10H2,1-2H3,(H,23,24). The van der Waals surface area contributed by atoms with Gasteiger partial charge >= 0.3 is 5.69 Å². The van der Waals surface area contributed by atoms with Crippen molar-refractivity contribution in [2.45, 2.75) is 11.4 Å². The number of hydrogen-bond acceptors (Lipinski definition) is 6. The van der Waals surface area contributed by atoms with Crippen molar-refractivity contribution in [1.29, 1.82) is 0 Å². The second-order valence-electron chi connectivity index (χ2n) is 5.95. The first-order chi connectivity index (χ1) is 14.0. The maximum Gasteiger partial charge on any atom is 0.311 e. The minimum Gasteiger partial charge on any atom is -0.480 e. The largest absolute Gasteiger partial charge is 0.480 e. The highest BCUT2D eigenvalue weighted by Gasteiger charge is 2.25. The lowest BCUT2D eigenvalue weighted by molar-refractivity contribution is -0.384. The van der Waals surface area contributed by atoms with E-state index in [9.17, 15) is 18.9 Å². The summed E-state index contributed by atoms with van der Waals surface area (Å²) in [6.45, 7) is -0.291. The molecule has 0 saturated heterocycles. The number of hydrogen-bond donors (Lipinski definition) is 1. The quantitative estimate of drug-likeness (QED) is 0.320. The third-order valence-electron chi connectivity index (χ3n) is 4.27. The molecule has 1 aromatic heterocycles. The molecule has 2 aromatic carbocycles. The SMILES string of the molecule is COc1ncc([N+](=O)[O-])c(NCc2c(F)cc(SC)cc2F)c1-c1ccccc1. The summed E-state index contributed by atoms with van der Waals surface area (Å²) in [4.78, 5) is 15.4. The van der Waals surface area contributed by atoms with Gasteiger partial charge in [0.05, 0.1) is 17.6 Å². The zero-order valence-corrected chi connectivity index (χ0v) is 16.4. The minimum atomic E-state index is -0.730. The zero-order valence-electron chi connectivity index (χ0n) is 15.6. The molecule has 0 saturated carbocycles. The molecular weight excluding hydrogens is 400 g/mol. The van der Waals surface area contributed by atoms with Crippen molar-refractivity contribution in [1.82, 2.24) is 4.98 Å². The number of aromatic nitrogens is 1. The van der Waals surface area contributed by atoms with Gasteiger partial charge in [-0.25, -0.2) is 13.8 Å². The number of nitro groups is 1. The first-order valence-corrected chi connectivity index (χ1v) is 9.71. The van der Waals surface area contributed by atoms with Crippen LogP contribution in [0.4, 0.5) is 20.2 Å². The predicted molar refractivity (Wildman–Crippen MR) is 108 cm³/mol. The molecule has 0 aliphatic rings. The average Bonchev–Trinajstić information content (AvgIpc) is 2.72. The Kier molecular flexibility index (Phi) is 6.28. The van der Waals surface area contributed by atoms with Crippen molar-refractivity contribution in [3.8, 4) is 17.0 Å². The molecule has 0 amide bonds. The number of anilines is 1. The first kappa shape index (κ1) is 20.5. The Morgan fingerprint density at radius 3 is 2.41 bits per heavy atom. The number of rotatable bonds is 7. The van der Waals surface area contributed by atoms with Gasteiger partial charge in [0.15, 0.2) is 0 Å². The van der Waals surface area contributed by atoms with Crippen LogP contribution in [0.25, 0.3) is 11.1 Å². The van der Waals surface area contributed by atoms with Crippen LogP contribution >= 0.6 is 11.8 Å². The molecule has 1 N–H and O–H groups in total. The zero-order chi connectivity index (χ0) is 21.0. The molecule has 29 heavy (non-hydrogen) atoms. The van der Waals surface area contributed by atoms with E-state index in [0.717, 1.165) is 6.20 Å². The highest BCUT2D eigenvalue weighted by atomic mass is 32.2. The molecule has 1 heterocycles. The van der Waals surface area contributed by atoms with Crippen molar-refractivity contribution < 1.29 is 18.4 Å². The highest BCUT2D eigenvalue weighted by Crippen LogP contribution is 2.41. The van der Waals surface area contributed by atoms with Gasteiger partial charge in [0.1, 0.15) is 23.5 Å². The monoisotopic (exact) mass is 417 g/mol. The molecule has 0 fully saturated rings. The van der Waals surface area contributed by atoms with Gasteiger partial charge in [0, 0.05) is 17.0 Å². The van der Waals surface area contributed by atoms with E-state index in [2.05, 4.69) is 10.3 Å². The number of pyridine rings is 1. The summed E-state index contributed by atoms with van der Waals surface area (Å²) in [7, 11) is 1.39. The van der Waals surface area contributed by atoms with Crippen LogP contribution in [0, 0.1) is 21.7 Å². The van der Waals surface area contributed by atoms with Gasteiger partial charge < -0.3 is 10.1 Å². The normalized spacial score (nSPS) is 10.6. The fraction of sp³-hybridized carbons (Fsp3) is 0.150. The van der Waals surface area contributed by atoms with Gasteiger partial charge in [-0.2, -0.15) is 0 Å². The second-order valence-corrected chi connectivity index (χ2v) is 6.83. The lowest BCUT2D eigenvalue weighted by Crippen LogP contribution is -2.09. The molecule has 9 heteroatoms. The van der Waals surface area contributed by atoms with Crippen molar-refractivity contribution in [2.75, 3.05) is 18.7 Å². The van der Waals surface area contributed by atoms with Crippen molar-refractivity contribution >= 4 is 23.1 Å². The highest BCUT2D eigenvalue weighted by molar-refractivity contribution is 7.98. The molecule has 0 unspecified atom stereocenters. The van der Waals surface area contributed by atoms with Gasteiger partial charge in [-0.15, -0.1) is 11.8 Å². The van der Waals surface area contributed by atoms with Crippen molar-refractivity contribution in [2.24, 2.45) is 0 Å². The van der Waals surface area contributed by atoms with Crippen LogP contribution in [-0.2, 0) is 6.54 Å². The van der Waals surface area contributed by atoms with Crippen LogP contribution in [-0.4, -0.2) is 23.3 Å². The summed E-state index contributed by atoms with van der Waals surface area (Å²) in [5.41, 5.74) is 0.476.